The average Bonchev–Trinajstić information content (AvgIpc) is 2.83. The molecule has 1 aromatic carbocycles. The smallest absolute Gasteiger partial charge is 0.236 e. The van der Waals surface area contributed by atoms with E-state index < -0.39 is 0 Å². The van der Waals surface area contributed by atoms with Crippen molar-refractivity contribution in [1.82, 2.24) is 14.7 Å². The SMILES string of the molecule is CC[C@H]1CN(C(=O)CN2CCCCC2)CCC(=O)N1Cc1ccccc1. The molecule has 26 heavy (non-hydrogen) atoms. The summed E-state index contributed by atoms with van der Waals surface area (Å²) < 4.78 is 0. The Morgan fingerprint density at radius 3 is 2.50 bits per heavy atom. The standard InChI is InChI=1S/C21H31N3O2/c1-2-19-16-23(21(26)17-22-12-7-4-8-13-22)14-11-20(25)24(19)15-18-9-5-3-6-10-18/h3,5-6,9-10,19H,2,4,7-8,11-17H2,1H3/t19-/m0/s1. The van der Waals surface area contributed by atoms with E-state index >= 15 is 0 Å². The summed E-state index contributed by atoms with van der Waals surface area (Å²) in [6, 6.07) is 10.2. The van der Waals surface area contributed by atoms with Gasteiger partial charge in [-0.3, -0.25) is 14.5 Å². The molecule has 5 heteroatoms. The summed E-state index contributed by atoms with van der Waals surface area (Å²) in [6.07, 6.45) is 4.94. The predicted octanol–water partition coefficient (Wildman–Crippen LogP) is 2.51. The van der Waals surface area contributed by atoms with Crippen LogP contribution in [0.2, 0.25) is 0 Å². The lowest BCUT2D eigenvalue weighted by Gasteiger charge is -2.33. The average molecular weight is 357 g/mol. The molecule has 5 nitrogen and oxygen atoms in total. The van der Waals surface area contributed by atoms with Crippen molar-refractivity contribution in [2.24, 2.45) is 0 Å². The number of hydrogen-bond donors (Lipinski definition) is 0. The summed E-state index contributed by atoms with van der Waals surface area (Å²) in [5.41, 5.74) is 1.15. The maximum absolute atomic E-state index is 12.8. The second-order valence-electron chi connectivity index (χ2n) is 7.50. The van der Waals surface area contributed by atoms with E-state index in [4.69, 9.17) is 0 Å². The number of rotatable bonds is 5. The van der Waals surface area contributed by atoms with E-state index in [-0.39, 0.29) is 17.9 Å². The topological polar surface area (TPSA) is 43.9 Å². The Labute approximate surface area is 156 Å². The number of piperidine rings is 1. The molecule has 0 unspecified atom stereocenters. The molecular weight excluding hydrogens is 326 g/mol. The summed E-state index contributed by atoms with van der Waals surface area (Å²) >= 11 is 0. The first-order valence-corrected chi connectivity index (χ1v) is 10.0. The third kappa shape index (κ3) is 4.85. The number of carbonyl (C=O) groups excluding carboxylic acids is 2. The quantitative estimate of drug-likeness (QED) is 0.813. The van der Waals surface area contributed by atoms with Crippen molar-refractivity contribution in [2.75, 3.05) is 32.7 Å². The fraction of sp³-hybridized carbons (Fsp3) is 0.619. The largest absolute Gasteiger partial charge is 0.339 e. The molecule has 0 bridgehead atoms. The third-order valence-electron chi connectivity index (χ3n) is 5.62. The molecule has 2 aliphatic heterocycles. The zero-order chi connectivity index (χ0) is 18.4. The zero-order valence-corrected chi connectivity index (χ0v) is 15.9. The van der Waals surface area contributed by atoms with Gasteiger partial charge in [-0.1, -0.05) is 43.7 Å². The van der Waals surface area contributed by atoms with E-state index in [0.29, 0.717) is 32.6 Å². The van der Waals surface area contributed by atoms with Gasteiger partial charge in [-0.15, -0.1) is 0 Å². The van der Waals surface area contributed by atoms with Crippen LogP contribution in [0, 0.1) is 0 Å². The second-order valence-corrected chi connectivity index (χ2v) is 7.50. The minimum absolute atomic E-state index is 0.0931. The summed E-state index contributed by atoms with van der Waals surface area (Å²) in [5.74, 6) is 0.341. The van der Waals surface area contributed by atoms with Gasteiger partial charge in [-0.05, 0) is 37.9 Å². The van der Waals surface area contributed by atoms with Gasteiger partial charge in [-0.2, -0.15) is 0 Å². The molecule has 0 spiro atoms. The molecule has 2 amide bonds. The van der Waals surface area contributed by atoms with E-state index in [1.54, 1.807) is 0 Å². The Kier molecular flexibility index (Phi) is 6.67. The van der Waals surface area contributed by atoms with Gasteiger partial charge in [0.2, 0.25) is 11.8 Å². The molecule has 0 aliphatic carbocycles. The summed E-state index contributed by atoms with van der Waals surface area (Å²) in [4.78, 5) is 31.7. The van der Waals surface area contributed by atoms with E-state index in [9.17, 15) is 9.59 Å². The Morgan fingerprint density at radius 1 is 1.08 bits per heavy atom. The van der Waals surface area contributed by atoms with Gasteiger partial charge in [-0.25, -0.2) is 0 Å². The minimum atomic E-state index is 0.0931. The fourth-order valence-electron chi connectivity index (χ4n) is 4.00. The Hall–Kier alpha value is -1.88. The lowest BCUT2D eigenvalue weighted by atomic mass is 10.1. The van der Waals surface area contributed by atoms with E-state index in [1.165, 1.54) is 19.3 Å². The number of carbonyl (C=O) groups is 2. The van der Waals surface area contributed by atoms with Gasteiger partial charge in [0.15, 0.2) is 0 Å². The molecule has 2 aliphatic rings. The maximum Gasteiger partial charge on any atom is 0.236 e. The highest BCUT2D eigenvalue weighted by Crippen LogP contribution is 2.18. The van der Waals surface area contributed by atoms with Crippen molar-refractivity contribution in [3.05, 3.63) is 35.9 Å². The molecule has 2 heterocycles. The first-order valence-electron chi connectivity index (χ1n) is 10.0. The van der Waals surface area contributed by atoms with Gasteiger partial charge < -0.3 is 9.80 Å². The normalized spacial score (nSPS) is 22.3. The number of likely N-dealkylation sites (tertiary alicyclic amines) is 1. The molecule has 1 atom stereocenters. The molecule has 142 valence electrons. The highest BCUT2D eigenvalue weighted by molar-refractivity contribution is 5.81. The van der Waals surface area contributed by atoms with Gasteiger partial charge >= 0.3 is 0 Å². The first kappa shape index (κ1) is 18.9. The Bertz CT molecular complexity index is 599. The number of amides is 2. The van der Waals surface area contributed by atoms with Crippen LogP contribution in [-0.4, -0.2) is 65.3 Å². The molecular formula is C21H31N3O2. The molecule has 0 N–H and O–H groups in total. The van der Waals surface area contributed by atoms with Crippen LogP contribution in [0.1, 0.15) is 44.6 Å². The Balaban J connectivity index is 1.64. The van der Waals surface area contributed by atoms with Crippen molar-refractivity contribution in [1.29, 1.82) is 0 Å². The molecule has 2 fully saturated rings. The van der Waals surface area contributed by atoms with Crippen molar-refractivity contribution in [3.63, 3.8) is 0 Å². The van der Waals surface area contributed by atoms with Crippen LogP contribution in [-0.2, 0) is 16.1 Å². The molecule has 2 saturated heterocycles. The van der Waals surface area contributed by atoms with Crippen LogP contribution < -0.4 is 0 Å². The summed E-state index contributed by atoms with van der Waals surface area (Å²) in [5, 5.41) is 0. The van der Waals surface area contributed by atoms with Crippen LogP contribution in [0.4, 0.5) is 0 Å². The molecule has 1 aromatic rings. The second kappa shape index (κ2) is 9.17. The van der Waals surface area contributed by atoms with Crippen molar-refractivity contribution < 1.29 is 9.59 Å². The fourth-order valence-corrected chi connectivity index (χ4v) is 4.00. The Morgan fingerprint density at radius 2 is 1.81 bits per heavy atom. The van der Waals surface area contributed by atoms with Gasteiger partial charge in [0.1, 0.15) is 0 Å². The highest BCUT2D eigenvalue weighted by Gasteiger charge is 2.31. The lowest BCUT2D eigenvalue weighted by Crippen LogP contribution is -2.47. The van der Waals surface area contributed by atoms with Crippen LogP contribution in [0.3, 0.4) is 0 Å². The van der Waals surface area contributed by atoms with E-state index in [1.807, 2.05) is 28.0 Å². The van der Waals surface area contributed by atoms with Crippen LogP contribution >= 0.6 is 0 Å². The maximum atomic E-state index is 12.8. The van der Waals surface area contributed by atoms with Crippen molar-refractivity contribution in [3.8, 4) is 0 Å². The van der Waals surface area contributed by atoms with Gasteiger partial charge in [0, 0.05) is 32.1 Å². The summed E-state index contributed by atoms with van der Waals surface area (Å²) in [7, 11) is 0. The van der Waals surface area contributed by atoms with E-state index in [2.05, 4.69) is 24.0 Å². The molecule has 0 radical (unpaired) electrons. The minimum Gasteiger partial charge on any atom is -0.339 e. The number of hydrogen-bond acceptors (Lipinski definition) is 3. The van der Waals surface area contributed by atoms with Crippen LogP contribution in [0.5, 0.6) is 0 Å². The van der Waals surface area contributed by atoms with Crippen molar-refractivity contribution in [2.45, 2.75) is 51.6 Å². The number of nitrogens with zero attached hydrogens (tertiary/aromatic N) is 3. The molecule has 0 saturated carbocycles. The van der Waals surface area contributed by atoms with E-state index in [0.717, 1.165) is 25.1 Å². The first-order chi connectivity index (χ1) is 12.7. The van der Waals surface area contributed by atoms with Gasteiger partial charge in [0.25, 0.3) is 0 Å². The molecule has 3 rings (SSSR count). The highest BCUT2D eigenvalue weighted by atomic mass is 16.2. The van der Waals surface area contributed by atoms with Crippen LogP contribution in [0.25, 0.3) is 0 Å². The molecule has 0 aromatic heterocycles. The lowest BCUT2D eigenvalue weighted by molar-refractivity contribution is -0.134. The summed E-state index contributed by atoms with van der Waals surface area (Å²) in [6.45, 7) is 6.49. The van der Waals surface area contributed by atoms with Crippen LogP contribution in [0.15, 0.2) is 30.3 Å². The zero-order valence-electron chi connectivity index (χ0n) is 15.9. The van der Waals surface area contributed by atoms with Crippen molar-refractivity contribution >= 4 is 11.8 Å². The third-order valence-corrected chi connectivity index (χ3v) is 5.62. The monoisotopic (exact) mass is 357 g/mol. The predicted molar refractivity (Wildman–Crippen MR) is 103 cm³/mol. The number of benzene rings is 1. The van der Waals surface area contributed by atoms with Gasteiger partial charge in [0.05, 0.1) is 6.54 Å².